The third kappa shape index (κ3) is 2.26. The highest BCUT2D eigenvalue weighted by atomic mass is 19.4. The van der Waals surface area contributed by atoms with E-state index in [1.807, 2.05) is 0 Å². The zero-order valence-electron chi connectivity index (χ0n) is 8.74. The lowest BCUT2D eigenvalue weighted by molar-refractivity contribution is -0.166. The van der Waals surface area contributed by atoms with Gasteiger partial charge >= 0.3 is 6.18 Å². The number of halogens is 5. The predicted octanol–water partition coefficient (Wildman–Crippen LogP) is 3.15. The van der Waals surface area contributed by atoms with Gasteiger partial charge in [0.25, 0.3) is 0 Å². The highest BCUT2D eigenvalue weighted by molar-refractivity contribution is 5.20. The number of alkyl halides is 3. The molecule has 6 heteroatoms. The van der Waals surface area contributed by atoms with Gasteiger partial charge in [0.1, 0.15) is 5.54 Å². The van der Waals surface area contributed by atoms with E-state index in [0.29, 0.717) is 0 Å². The molecule has 0 saturated heterocycles. The highest BCUT2D eigenvalue weighted by Crippen LogP contribution is 2.49. The molecule has 0 aliphatic heterocycles. The van der Waals surface area contributed by atoms with Crippen LogP contribution in [0.3, 0.4) is 0 Å². The van der Waals surface area contributed by atoms with E-state index < -0.39 is 23.3 Å². The van der Waals surface area contributed by atoms with E-state index >= 15 is 0 Å². The summed E-state index contributed by atoms with van der Waals surface area (Å²) in [4.78, 5) is 0. The van der Waals surface area contributed by atoms with Gasteiger partial charge in [-0.1, -0.05) is 12.1 Å². The Bertz CT molecular complexity index is 422. The number of hydrogen-bond donors (Lipinski definition) is 1. The molecule has 1 nitrogen and oxygen atoms in total. The summed E-state index contributed by atoms with van der Waals surface area (Å²) in [6.07, 6.45) is -4.39. The highest BCUT2D eigenvalue weighted by Gasteiger charge is 2.62. The van der Waals surface area contributed by atoms with E-state index in [9.17, 15) is 22.0 Å². The molecule has 0 bridgehead atoms. The first kappa shape index (κ1) is 12.3. The second-order valence-corrected chi connectivity index (χ2v) is 4.15. The van der Waals surface area contributed by atoms with Crippen LogP contribution in [-0.2, 0) is 6.54 Å². The quantitative estimate of drug-likeness (QED) is 0.814. The lowest BCUT2D eigenvalue weighted by Crippen LogP contribution is -2.44. The smallest absolute Gasteiger partial charge is 0.299 e. The van der Waals surface area contributed by atoms with Crippen LogP contribution in [0.4, 0.5) is 22.0 Å². The normalized spacial score (nSPS) is 18.2. The zero-order valence-corrected chi connectivity index (χ0v) is 8.74. The SMILES string of the molecule is Fc1cccc(CNC2(C(F)(F)F)CC2)c1F. The van der Waals surface area contributed by atoms with Gasteiger partial charge in [-0.05, 0) is 18.9 Å². The Balaban J connectivity index is 2.06. The first-order valence-electron chi connectivity index (χ1n) is 5.10. The van der Waals surface area contributed by atoms with Crippen molar-refractivity contribution in [3.63, 3.8) is 0 Å². The molecule has 1 saturated carbocycles. The summed E-state index contributed by atoms with van der Waals surface area (Å²) in [6.45, 7) is -0.330. The van der Waals surface area contributed by atoms with Crippen molar-refractivity contribution >= 4 is 0 Å². The first-order chi connectivity index (χ1) is 7.86. The minimum atomic E-state index is -4.35. The molecule has 0 amide bonds. The maximum atomic E-state index is 13.2. The van der Waals surface area contributed by atoms with Gasteiger partial charge in [-0.3, -0.25) is 5.32 Å². The van der Waals surface area contributed by atoms with E-state index in [-0.39, 0.29) is 24.9 Å². The Morgan fingerprint density at radius 2 is 1.82 bits per heavy atom. The molecule has 1 N–H and O–H groups in total. The van der Waals surface area contributed by atoms with Crippen LogP contribution in [0.15, 0.2) is 18.2 Å². The van der Waals surface area contributed by atoms with Gasteiger partial charge < -0.3 is 0 Å². The second kappa shape index (κ2) is 3.94. The van der Waals surface area contributed by atoms with E-state index in [1.54, 1.807) is 0 Å². The lowest BCUT2D eigenvalue weighted by atomic mass is 10.1. The fraction of sp³-hybridized carbons (Fsp3) is 0.455. The average Bonchev–Trinajstić information content (AvgIpc) is 3.00. The molecule has 0 heterocycles. The molecule has 94 valence electrons. The lowest BCUT2D eigenvalue weighted by Gasteiger charge is -2.20. The zero-order chi connectivity index (χ0) is 12.7. The van der Waals surface area contributed by atoms with Crippen LogP contribution in [0.25, 0.3) is 0 Å². The van der Waals surface area contributed by atoms with E-state index in [1.165, 1.54) is 12.1 Å². The largest absolute Gasteiger partial charge is 0.406 e. The predicted molar refractivity (Wildman–Crippen MR) is 51.2 cm³/mol. The van der Waals surface area contributed by atoms with Crippen molar-refractivity contribution in [1.82, 2.24) is 5.32 Å². The summed E-state index contributed by atoms with van der Waals surface area (Å²) >= 11 is 0. The summed E-state index contributed by atoms with van der Waals surface area (Å²) in [5.41, 5.74) is -2.01. The van der Waals surface area contributed by atoms with Crippen LogP contribution >= 0.6 is 0 Å². The van der Waals surface area contributed by atoms with Crippen molar-refractivity contribution in [2.75, 3.05) is 0 Å². The first-order valence-corrected chi connectivity index (χ1v) is 5.10. The Hall–Kier alpha value is -1.17. The van der Waals surface area contributed by atoms with Crippen LogP contribution in [0.2, 0.25) is 0 Å². The van der Waals surface area contributed by atoms with Crippen LogP contribution < -0.4 is 5.32 Å². The topological polar surface area (TPSA) is 12.0 Å². The summed E-state index contributed by atoms with van der Waals surface area (Å²) < 4.78 is 63.7. The third-order valence-corrected chi connectivity index (χ3v) is 2.94. The molecule has 0 spiro atoms. The molecule has 17 heavy (non-hydrogen) atoms. The van der Waals surface area contributed by atoms with Crippen LogP contribution in [0, 0.1) is 11.6 Å². The number of benzene rings is 1. The maximum absolute atomic E-state index is 13.2. The number of nitrogens with one attached hydrogen (secondary N) is 1. The fourth-order valence-electron chi connectivity index (χ4n) is 1.63. The van der Waals surface area contributed by atoms with Gasteiger partial charge in [-0.15, -0.1) is 0 Å². The molecule has 0 unspecified atom stereocenters. The third-order valence-electron chi connectivity index (χ3n) is 2.94. The van der Waals surface area contributed by atoms with Gasteiger partial charge in [0, 0.05) is 12.1 Å². The Morgan fingerprint density at radius 1 is 1.18 bits per heavy atom. The van der Waals surface area contributed by atoms with Crippen LogP contribution in [0.5, 0.6) is 0 Å². The van der Waals surface area contributed by atoms with Gasteiger partial charge in [0.2, 0.25) is 0 Å². The number of rotatable bonds is 3. The molecule has 0 aromatic heterocycles. The fourth-order valence-corrected chi connectivity index (χ4v) is 1.63. The summed E-state index contributed by atoms with van der Waals surface area (Å²) in [6, 6.07) is 3.45. The summed E-state index contributed by atoms with van der Waals surface area (Å²) in [7, 11) is 0. The average molecular weight is 251 g/mol. The molecular weight excluding hydrogens is 241 g/mol. The minimum absolute atomic E-state index is 0.0204. The van der Waals surface area contributed by atoms with Crippen molar-refractivity contribution in [3.8, 4) is 0 Å². The molecular formula is C11H10F5N. The van der Waals surface area contributed by atoms with Crippen molar-refractivity contribution in [2.24, 2.45) is 0 Å². The molecule has 1 aromatic rings. The molecule has 0 atom stereocenters. The molecule has 1 fully saturated rings. The van der Waals surface area contributed by atoms with Crippen molar-refractivity contribution in [2.45, 2.75) is 31.1 Å². The van der Waals surface area contributed by atoms with Crippen LogP contribution in [0.1, 0.15) is 18.4 Å². The van der Waals surface area contributed by atoms with Gasteiger partial charge in [0.05, 0.1) is 0 Å². The molecule has 1 aliphatic rings. The van der Waals surface area contributed by atoms with Gasteiger partial charge in [-0.25, -0.2) is 8.78 Å². The van der Waals surface area contributed by atoms with E-state index in [4.69, 9.17) is 0 Å². The molecule has 1 aromatic carbocycles. The monoisotopic (exact) mass is 251 g/mol. The van der Waals surface area contributed by atoms with Crippen molar-refractivity contribution in [3.05, 3.63) is 35.4 Å². The Kier molecular flexibility index (Phi) is 2.85. The molecule has 2 rings (SSSR count). The Morgan fingerprint density at radius 3 is 2.35 bits per heavy atom. The Labute approximate surface area is 94.6 Å². The van der Waals surface area contributed by atoms with Crippen LogP contribution in [-0.4, -0.2) is 11.7 Å². The van der Waals surface area contributed by atoms with Gasteiger partial charge in [-0.2, -0.15) is 13.2 Å². The maximum Gasteiger partial charge on any atom is 0.406 e. The summed E-state index contributed by atoms with van der Waals surface area (Å²) in [5, 5.41) is 2.26. The number of hydrogen-bond acceptors (Lipinski definition) is 1. The van der Waals surface area contributed by atoms with Gasteiger partial charge in [0.15, 0.2) is 11.6 Å². The van der Waals surface area contributed by atoms with Crippen molar-refractivity contribution < 1.29 is 22.0 Å². The minimum Gasteiger partial charge on any atom is -0.299 e. The van der Waals surface area contributed by atoms with E-state index in [2.05, 4.69) is 5.32 Å². The standard InChI is InChI=1S/C11H10F5N/c12-8-3-1-2-7(9(8)13)6-17-10(4-5-10)11(14,15)16/h1-3,17H,4-6H2. The molecule has 1 aliphatic carbocycles. The van der Waals surface area contributed by atoms with Crippen molar-refractivity contribution in [1.29, 1.82) is 0 Å². The molecule has 0 radical (unpaired) electrons. The second-order valence-electron chi connectivity index (χ2n) is 4.15. The summed E-state index contributed by atoms with van der Waals surface area (Å²) in [5.74, 6) is -2.15. The van der Waals surface area contributed by atoms with E-state index in [0.717, 1.165) is 6.07 Å².